The minimum absolute atomic E-state index is 0. The molecule has 0 aliphatic carbocycles. The first-order chi connectivity index (χ1) is 12.3. The van der Waals surface area contributed by atoms with E-state index in [2.05, 4.69) is 27.5 Å². The van der Waals surface area contributed by atoms with Crippen LogP contribution in [-0.2, 0) is 19.0 Å². The van der Waals surface area contributed by atoms with Crippen LogP contribution < -0.4 is 10.6 Å². The van der Waals surface area contributed by atoms with Gasteiger partial charge >= 0.3 is 6.18 Å². The van der Waals surface area contributed by atoms with Gasteiger partial charge in [-0.1, -0.05) is 12.1 Å². The van der Waals surface area contributed by atoms with Gasteiger partial charge in [-0.25, -0.2) is 4.98 Å². The van der Waals surface area contributed by atoms with Gasteiger partial charge in [0.2, 0.25) is 0 Å². The van der Waals surface area contributed by atoms with E-state index in [1.165, 1.54) is 17.0 Å². The van der Waals surface area contributed by atoms with E-state index in [9.17, 15) is 13.2 Å². The van der Waals surface area contributed by atoms with E-state index >= 15 is 0 Å². The molecule has 0 aliphatic heterocycles. The molecule has 1 aromatic carbocycles. The fourth-order valence-electron chi connectivity index (χ4n) is 2.34. The van der Waals surface area contributed by atoms with Crippen LogP contribution in [0.2, 0.25) is 0 Å². The average molecular weight is 512 g/mol. The van der Waals surface area contributed by atoms with Crippen LogP contribution in [0.3, 0.4) is 0 Å². The summed E-state index contributed by atoms with van der Waals surface area (Å²) in [5, 5.41) is 7.47. The maximum atomic E-state index is 12.5. The largest absolute Gasteiger partial charge is 0.416 e. The first kappa shape index (κ1) is 23.7. The highest BCUT2D eigenvalue weighted by Gasteiger charge is 2.29. The molecule has 27 heavy (non-hydrogen) atoms. The third kappa shape index (κ3) is 7.65. The number of thiazole rings is 1. The van der Waals surface area contributed by atoms with Gasteiger partial charge in [-0.15, -0.1) is 35.3 Å². The van der Waals surface area contributed by atoms with Crippen molar-refractivity contribution in [2.24, 2.45) is 4.99 Å². The Balaban J connectivity index is 0.00000364. The highest BCUT2D eigenvalue weighted by Crippen LogP contribution is 2.29. The Morgan fingerprint density at radius 3 is 2.15 bits per heavy atom. The zero-order chi connectivity index (χ0) is 19.2. The van der Waals surface area contributed by atoms with Crippen molar-refractivity contribution in [1.82, 2.24) is 15.6 Å². The van der Waals surface area contributed by atoms with Crippen molar-refractivity contribution in [2.75, 3.05) is 20.1 Å². The summed E-state index contributed by atoms with van der Waals surface area (Å²) in [4.78, 5) is 9.88. The van der Waals surface area contributed by atoms with Crippen LogP contribution in [0, 0.1) is 13.8 Å². The van der Waals surface area contributed by atoms with Crippen LogP contribution in [0.1, 0.15) is 26.7 Å². The van der Waals surface area contributed by atoms with E-state index in [0.29, 0.717) is 25.5 Å². The zero-order valence-electron chi connectivity index (χ0n) is 15.5. The Morgan fingerprint density at radius 1 is 1.07 bits per heavy atom. The lowest BCUT2D eigenvalue weighted by Gasteiger charge is -2.12. The smallest absolute Gasteiger partial charge is 0.356 e. The third-order valence-corrected chi connectivity index (χ3v) is 5.05. The van der Waals surface area contributed by atoms with Gasteiger partial charge in [0.25, 0.3) is 0 Å². The van der Waals surface area contributed by atoms with Crippen molar-refractivity contribution >= 4 is 41.3 Å². The highest BCUT2D eigenvalue weighted by atomic mass is 127. The van der Waals surface area contributed by atoms with Gasteiger partial charge in [-0.05, 0) is 38.0 Å². The fourth-order valence-corrected chi connectivity index (χ4v) is 3.27. The molecule has 4 nitrogen and oxygen atoms in total. The van der Waals surface area contributed by atoms with Crippen LogP contribution in [0.15, 0.2) is 29.3 Å². The summed E-state index contributed by atoms with van der Waals surface area (Å²) in [7, 11) is 1.69. The zero-order valence-corrected chi connectivity index (χ0v) is 18.6. The van der Waals surface area contributed by atoms with E-state index in [4.69, 9.17) is 0 Å². The Bertz CT molecular complexity index is 723. The molecule has 2 N–H and O–H groups in total. The predicted octanol–water partition coefficient (Wildman–Crippen LogP) is 4.35. The Morgan fingerprint density at radius 2 is 1.67 bits per heavy atom. The van der Waals surface area contributed by atoms with Crippen LogP contribution >= 0.6 is 35.3 Å². The van der Waals surface area contributed by atoms with Gasteiger partial charge in [0, 0.05) is 31.4 Å². The fraction of sp³-hybridized carbons (Fsp3) is 0.444. The number of rotatable bonds is 6. The molecule has 0 saturated carbocycles. The number of aryl methyl sites for hydroxylation is 2. The van der Waals surface area contributed by atoms with Gasteiger partial charge in [0.05, 0.1) is 16.3 Å². The standard InChI is InChI=1S/C18H23F3N4S.HI/c1-12-13(2)26-16(25-12)9-11-24-17(22-3)23-10-8-14-4-6-15(7-5-14)18(19,20)21;/h4-7H,8-11H2,1-3H3,(H2,22,23,24);1H. The van der Waals surface area contributed by atoms with Crippen LogP contribution in [-0.4, -0.2) is 31.1 Å². The minimum Gasteiger partial charge on any atom is -0.356 e. The minimum atomic E-state index is -4.29. The molecule has 2 aromatic rings. The maximum Gasteiger partial charge on any atom is 0.416 e. The number of benzene rings is 1. The molecule has 0 spiro atoms. The van der Waals surface area contributed by atoms with Crippen molar-refractivity contribution in [3.05, 3.63) is 51.0 Å². The highest BCUT2D eigenvalue weighted by molar-refractivity contribution is 14.0. The summed E-state index contributed by atoms with van der Waals surface area (Å²) in [6.45, 7) is 5.36. The van der Waals surface area contributed by atoms with Crippen molar-refractivity contribution in [2.45, 2.75) is 32.9 Å². The second-order valence-corrected chi connectivity index (χ2v) is 7.16. The van der Waals surface area contributed by atoms with Crippen molar-refractivity contribution in [3.8, 4) is 0 Å². The molecule has 1 aromatic heterocycles. The first-order valence-corrected chi connectivity index (χ1v) is 9.15. The lowest BCUT2D eigenvalue weighted by atomic mass is 10.1. The number of alkyl halides is 3. The number of guanidine groups is 1. The number of aromatic nitrogens is 1. The summed E-state index contributed by atoms with van der Waals surface area (Å²) >= 11 is 1.70. The second-order valence-electron chi connectivity index (χ2n) is 5.87. The number of nitrogens with one attached hydrogen (secondary N) is 2. The predicted molar refractivity (Wildman–Crippen MR) is 115 cm³/mol. The molecule has 150 valence electrons. The van der Waals surface area contributed by atoms with Gasteiger partial charge < -0.3 is 10.6 Å². The number of aliphatic imine (C=N–C) groups is 1. The molecular formula is C18H24F3IN4S. The van der Waals surface area contributed by atoms with Crippen molar-refractivity contribution < 1.29 is 13.2 Å². The summed E-state index contributed by atoms with van der Waals surface area (Å²) in [5.41, 5.74) is 1.29. The van der Waals surface area contributed by atoms with E-state index in [-0.39, 0.29) is 24.0 Å². The molecule has 0 aliphatic rings. The summed E-state index contributed by atoms with van der Waals surface area (Å²) in [6.07, 6.45) is -2.86. The molecule has 0 radical (unpaired) electrons. The quantitative estimate of drug-likeness (QED) is 0.344. The summed E-state index contributed by atoms with van der Waals surface area (Å²) in [5.74, 6) is 0.668. The van der Waals surface area contributed by atoms with Crippen molar-refractivity contribution in [1.29, 1.82) is 0 Å². The monoisotopic (exact) mass is 512 g/mol. The number of hydrogen-bond donors (Lipinski definition) is 2. The lowest BCUT2D eigenvalue weighted by Crippen LogP contribution is -2.39. The molecule has 0 saturated heterocycles. The number of halogens is 4. The topological polar surface area (TPSA) is 49.3 Å². The van der Waals surface area contributed by atoms with Crippen LogP contribution in [0.5, 0.6) is 0 Å². The SMILES string of the molecule is CN=C(NCCc1ccc(C(F)(F)F)cc1)NCCc1nc(C)c(C)s1.I. The Kier molecular flexibility index (Phi) is 9.51. The van der Waals surface area contributed by atoms with Crippen LogP contribution in [0.25, 0.3) is 0 Å². The third-order valence-electron chi connectivity index (χ3n) is 3.92. The average Bonchev–Trinajstić information content (AvgIpc) is 2.91. The number of hydrogen-bond acceptors (Lipinski definition) is 3. The first-order valence-electron chi connectivity index (χ1n) is 8.33. The molecule has 0 amide bonds. The van der Waals surface area contributed by atoms with E-state index in [0.717, 1.165) is 34.8 Å². The molecule has 0 fully saturated rings. The van der Waals surface area contributed by atoms with E-state index < -0.39 is 11.7 Å². The lowest BCUT2D eigenvalue weighted by molar-refractivity contribution is -0.137. The second kappa shape index (κ2) is 10.8. The van der Waals surface area contributed by atoms with E-state index in [1.54, 1.807) is 18.4 Å². The normalized spacial score (nSPS) is 11.9. The molecular weight excluding hydrogens is 488 g/mol. The molecule has 0 atom stereocenters. The van der Waals surface area contributed by atoms with Gasteiger partial charge in [0.15, 0.2) is 5.96 Å². The number of nitrogens with zero attached hydrogens (tertiary/aromatic N) is 2. The van der Waals surface area contributed by atoms with Gasteiger partial charge in [-0.2, -0.15) is 13.2 Å². The molecule has 0 bridgehead atoms. The van der Waals surface area contributed by atoms with Gasteiger partial charge in [-0.3, -0.25) is 4.99 Å². The van der Waals surface area contributed by atoms with E-state index in [1.807, 2.05) is 6.92 Å². The molecule has 2 rings (SSSR count). The Hall–Kier alpha value is -1.36. The summed E-state index contributed by atoms with van der Waals surface area (Å²) in [6, 6.07) is 5.24. The molecule has 9 heteroatoms. The summed E-state index contributed by atoms with van der Waals surface area (Å²) < 4.78 is 37.6. The maximum absolute atomic E-state index is 12.5. The Labute approximate surface area is 178 Å². The molecule has 1 heterocycles. The van der Waals surface area contributed by atoms with Crippen LogP contribution in [0.4, 0.5) is 13.2 Å². The van der Waals surface area contributed by atoms with Gasteiger partial charge in [0.1, 0.15) is 0 Å². The van der Waals surface area contributed by atoms with Crippen molar-refractivity contribution in [3.63, 3.8) is 0 Å². The molecule has 0 unspecified atom stereocenters.